The summed E-state index contributed by atoms with van der Waals surface area (Å²) in [7, 11) is 0. The Balaban J connectivity index is 1.26. The molecule has 3 unspecified atom stereocenters. The topological polar surface area (TPSA) is 79.4 Å². The number of aromatic nitrogens is 1. The molecule has 1 fully saturated rings. The van der Waals surface area contributed by atoms with Crippen LogP contribution in [-0.2, 0) is 14.4 Å². The number of amides is 3. The number of fused-ring (bicyclic) bond motifs is 1. The lowest BCUT2D eigenvalue weighted by Crippen LogP contribution is -2.46. The van der Waals surface area contributed by atoms with Crippen molar-refractivity contribution in [3.8, 4) is 22.4 Å². The van der Waals surface area contributed by atoms with Crippen LogP contribution < -0.4 is 5.32 Å². The number of carbonyl (C=O) groups is 3. The van der Waals surface area contributed by atoms with Crippen LogP contribution in [0.2, 0.25) is 0 Å². The van der Waals surface area contributed by atoms with Gasteiger partial charge in [0.05, 0.1) is 17.5 Å². The van der Waals surface area contributed by atoms with Gasteiger partial charge in [-0.15, -0.1) is 11.3 Å². The molecule has 1 N–H and O–H groups in total. The van der Waals surface area contributed by atoms with Crippen LogP contribution in [0.3, 0.4) is 0 Å². The highest BCUT2D eigenvalue weighted by Gasteiger charge is 2.50. The standard InChI is InChI=1S/C26H23N3O3S/c1-16(29-24(31)20-9-5-6-10-21(20)25(29)32)23(30)28-26-27-22(15-33-26)19-13-11-18(12-14-19)17-7-3-2-4-8-17/h2-8,11-16,20-21H,9-10H2,1H3,(H,27,28,30). The third-order valence-electron chi connectivity index (χ3n) is 6.33. The van der Waals surface area contributed by atoms with Crippen LogP contribution in [-0.4, -0.2) is 33.6 Å². The number of carbonyl (C=O) groups excluding carboxylic acids is 3. The van der Waals surface area contributed by atoms with E-state index in [-0.39, 0.29) is 23.7 Å². The summed E-state index contributed by atoms with van der Waals surface area (Å²) < 4.78 is 0. The summed E-state index contributed by atoms with van der Waals surface area (Å²) in [5.41, 5.74) is 3.97. The normalized spacial score (nSPS) is 20.6. The number of likely N-dealkylation sites (tertiary alicyclic amines) is 1. The smallest absolute Gasteiger partial charge is 0.249 e. The highest BCUT2D eigenvalue weighted by molar-refractivity contribution is 7.14. The molecule has 2 aromatic carbocycles. The second-order valence-electron chi connectivity index (χ2n) is 8.35. The van der Waals surface area contributed by atoms with Gasteiger partial charge in [-0.3, -0.25) is 19.3 Å². The molecule has 0 radical (unpaired) electrons. The summed E-state index contributed by atoms with van der Waals surface area (Å²) in [5.74, 6) is -1.61. The zero-order valence-corrected chi connectivity index (χ0v) is 18.9. The van der Waals surface area contributed by atoms with Crippen LogP contribution in [0.25, 0.3) is 22.4 Å². The van der Waals surface area contributed by atoms with Crippen LogP contribution in [0.4, 0.5) is 5.13 Å². The summed E-state index contributed by atoms with van der Waals surface area (Å²) in [4.78, 5) is 44.0. The molecule has 2 heterocycles. The Kier molecular flexibility index (Phi) is 5.64. The summed E-state index contributed by atoms with van der Waals surface area (Å²) in [5, 5.41) is 5.09. The number of nitrogens with zero attached hydrogens (tertiary/aromatic N) is 2. The van der Waals surface area contributed by atoms with Gasteiger partial charge in [0.25, 0.3) is 0 Å². The molecule has 0 spiro atoms. The monoisotopic (exact) mass is 457 g/mol. The lowest BCUT2D eigenvalue weighted by molar-refractivity contribution is -0.146. The van der Waals surface area contributed by atoms with Gasteiger partial charge in [-0.1, -0.05) is 66.7 Å². The first kappa shape index (κ1) is 21.3. The van der Waals surface area contributed by atoms with Crippen molar-refractivity contribution in [1.82, 2.24) is 9.88 Å². The van der Waals surface area contributed by atoms with E-state index in [2.05, 4.69) is 22.4 Å². The molecular formula is C26H23N3O3S. The van der Waals surface area contributed by atoms with Crippen molar-refractivity contribution in [3.05, 3.63) is 72.1 Å². The van der Waals surface area contributed by atoms with E-state index in [1.165, 1.54) is 11.3 Å². The lowest BCUT2D eigenvalue weighted by atomic mass is 9.85. The number of hydrogen-bond acceptors (Lipinski definition) is 5. The zero-order chi connectivity index (χ0) is 22.9. The molecule has 5 rings (SSSR count). The predicted molar refractivity (Wildman–Crippen MR) is 128 cm³/mol. The minimum Gasteiger partial charge on any atom is -0.300 e. The van der Waals surface area contributed by atoms with Crippen molar-refractivity contribution in [1.29, 1.82) is 0 Å². The summed E-state index contributed by atoms with van der Waals surface area (Å²) in [6, 6.07) is 17.3. The fourth-order valence-electron chi connectivity index (χ4n) is 4.46. The number of hydrogen-bond donors (Lipinski definition) is 1. The lowest BCUT2D eigenvalue weighted by Gasteiger charge is -2.21. The Labute approximate surface area is 196 Å². The predicted octanol–water partition coefficient (Wildman–Crippen LogP) is 4.76. The largest absolute Gasteiger partial charge is 0.300 e. The van der Waals surface area contributed by atoms with Gasteiger partial charge in [0.1, 0.15) is 6.04 Å². The maximum atomic E-state index is 12.8. The highest BCUT2D eigenvalue weighted by atomic mass is 32.1. The van der Waals surface area contributed by atoms with E-state index in [1.807, 2.05) is 60.0 Å². The Morgan fingerprint density at radius 1 is 0.939 bits per heavy atom. The minimum atomic E-state index is -0.881. The van der Waals surface area contributed by atoms with Gasteiger partial charge in [-0.05, 0) is 30.9 Å². The summed E-state index contributed by atoms with van der Waals surface area (Å²) in [6.45, 7) is 1.59. The number of imide groups is 1. The highest BCUT2D eigenvalue weighted by Crippen LogP contribution is 2.36. The third kappa shape index (κ3) is 4.00. The van der Waals surface area contributed by atoms with Crippen molar-refractivity contribution < 1.29 is 14.4 Å². The molecule has 6 nitrogen and oxygen atoms in total. The number of benzene rings is 2. The average Bonchev–Trinajstić information content (AvgIpc) is 3.42. The molecule has 33 heavy (non-hydrogen) atoms. The van der Waals surface area contributed by atoms with Crippen molar-refractivity contribution in [2.45, 2.75) is 25.8 Å². The minimum absolute atomic E-state index is 0.254. The van der Waals surface area contributed by atoms with E-state index in [9.17, 15) is 14.4 Å². The number of thiazole rings is 1. The molecule has 166 valence electrons. The van der Waals surface area contributed by atoms with E-state index in [4.69, 9.17) is 0 Å². The Morgan fingerprint density at radius 2 is 1.52 bits per heavy atom. The molecule has 1 saturated heterocycles. The molecular weight excluding hydrogens is 434 g/mol. The van der Waals surface area contributed by atoms with E-state index in [0.29, 0.717) is 18.0 Å². The van der Waals surface area contributed by atoms with Gasteiger partial charge in [-0.2, -0.15) is 0 Å². The van der Waals surface area contributed by atoms with Crippen LogP contribution in [0, 0.1) is 11.8 Å². The van der Waals surface area contributed by atoms with Crippen molar-refractivity contribution in [2.24, 2.45) is 11.8 Å². The molecule has 1 aromatic heterocycles. The fourth-order valence-corrected chi connectivity index (χ4v) is 5.19. The average molecular weight is 458 g/mol. The molecule has 3 aromatic rings. The second-order valence-corrected chi connectivity index (χ2v) is 9.21. The van der Waals surface area contributed by atoms with E-state index in [0.717, 1.165) is 27.3 Å². The first-order valence-electron chi connectivity index (χ1n) is 11.0. The van der Waals surface area contributed by atoms with Gasteiger partial charge in [-0.25, -0.2) is 4.98 Å². The second kappa shape index (κ2) is 8.75. The van der Waals surface area contributed by atoms with Crippen LogP contribution in [0.1, 0.15) is 19.8 Å². The Morgan fingerprint density at radius 3 is 2.15 bits per heavy atom. The maximum absolute atomic E-state index is 12.8. The Hall–Kier alpha value is -3.58. The van der Waals surface area contributed by atoms with Crippen LogP contribution in [0.5, 0.6) is 0 Å². The van der Waals surface area contributed by atoms with Crippen LogP contribution >= 0.6 is 11.3 Å². The molecule has 0 bridgehead atoms. The van der Waals surface area contributed by atoms with Crippen molar-refractivity contribution in [2.75, 3.05) is 5.32 Å². The van der Waals surface area contributed by atoms with Crippen LogP contribution in [0.15, 0.2) is 72.1 Å². The number of anilines is 1. The maximum Gasteiger partial charge on any atom is 0.249 e. The number of rotatable bonds is 5. The van der Waals surface area contributed by atoms with E-state index in [1.54, 1.807) is 6.92 Å². The van der Waals surface area contributed by atoms with Gasteiger partial charge in [0.15, 0.2) is 5.13 Å². The summed E-state index contributed by atoms with van der Waals surface area (Å²) in [6.07, 6.45) is 4.98. The number of allylic oxidation sites excluding steroid dienone is 2. The van der Waals surface area contributed by atoms with Gasteiger partial charge < -0.3 is 5.32 Å². The zero-order valence-electron chi connectivity index (χ0n) is 18.1. The first-order chi connectivity index (χ1) is 16.0. The molecule has 7 heteroatoms. The van der Waals surface area contributed by atoms with Crippen molar-refractivity contribution >= 4 is 34.2 Å². The molecule has 2 aliphatic rings. The van der Waals surface area contributed by atoms with Gasteiger partial charge >= 0.3 is 0 Å². The molecule has 1 aliphatic carbocycles. The van der Waals surface area contributed by atoms with Crippen molar-refractivity contribution in [3.63, 3.8) is 0 Å². The molecule has 1 aliphatic heterocycles. The van der Waals surface area contributed by atoms with E-state index < -0.39 is 11.9 Å². The SMILES string of the molecule is CC(C(=O)Nc1nc(-c2ccc(-c3ccccc3)cc2)cs1)N1C(=O)C2CC=CCC2C1=O. The quantitative estimate of drug-likeness (QED) is 0.443. The first-order valence-corrected chi connectivity index (χ1v) is 11.8. The third-order valence-corrected chi connectivity index (χ3v) is 7.09. The molecule has 0 saturated carbocycles. The van der Waals surface area contributed by atoms with Gasteiger partial charge in [0, 0.05) is 10.9 Å². The summed E-state index contributed by atoms with van der Waals surface area (Å²) >= 11 is 1.31. The molecule has 3 amide bonds. The van der Waals surface area contributed by atoms with Gasteiger partial charge in [0.2, 0.25) is 17.7 Å². The fraction of sp³-hybridized carbons (Fsp3) is 0.231. The van der Waals surface area contributed by atoms with E-state index >= 15 is 0 Å². The molecule has 3 atom stereocenters. The Bertz CT molecular complexity index is 1210. The number of nitrogens with one attached hydrogen (secondary N) is 1.